The zero-order valence-electron chi connectivity index (χ0n) is 14.7. The minimum atomic E-state index is -0.188. The molecule has 0 aliphatic rings. The average Bonchev–Trinajstić information content (AvgIpc) is 2.08. The molecule has 0 aromatic rings. The van der Waals surface area contributed by atoms with Crippen molar-refractivity contribution in [2.75, 3.05) is 0 Å². The number of hydrogen-bond acceptors (Lipinski definition) is 2. The highest BCUT2D eigenvalue weighted by atomic mass is 127. The maximum atomic E-state index is 12.0. The molecule has 0 rings (SSSR count). The van der Waals surface area contributed by atoms with Crippen molar-refractivity contribution in [3.8, 4) is 0 Å². The molecule has 21 heavy (non-hydrogen) atoms. The van der Waals surface area contributed by atoms with Crippen LogP contribution in [0.5, 0.6) is 0 Å². The maximum Gasteiger partial charge on any atom is 0.220 e. The third-order valence-corrected chi connectivity index (χ3v) is 3.82. The predicted molar refractivity (Wildman–Crippen MR) is 97.6 cm³/mol. The lowest BCUT2D eigenvalue weighted by Gasteiger charge is -2.30. The molecule has 0 atom stereocenters. The van der Waals surface area contributed by atoms with Crippen molar-refractivity contribution < 1.29 is 9.59 Å². The maximum absolute atomic E-state index is 12.0. The van der Waals surface area contributed by atoms with E-state index in [2.05, 4.69) is 53.8 Å². The zero-order chi connectivity index (χ0) is 16.9. The first-order valence-electron chi connectivity index (χ1n) is 7.72. The van der Waals surface area contributed by atoms with Gasteiger partial charge < -0.3 is 5.32 Å². The molecular weight excluding hydrogens is 377 g/mol. The zero-order valence-corrected chi connectivity index (χ0v) is 16.9. The molecule has 0 radical (unpaired) electrons. The molecule has 0 heterocycles. The Morgan fingerprint density at radius 2 is 1.43 bits per heavy atom. The van der Waals surface area contributed by atoms with Gasteiger partial charge in [-0.25, -0.2) is 0 Å². The van der Waals surface area contributed by atoms with E-state index in [0.29, 0.717) is 12.8 Å². The van der Waals surface area contributed by atoms with E-state index in [-0.39, 0.29) is 26.1 Å². The van der Waals surface area contributed by atoms with Crippen LogP contribution in [0.15, 0.2) is 0 Å². The van der Waals surface area contributed by atoms with Gasteiger partial charge >= 0.3 is 0 Å². The quantitative estimate of drug-likeness (QED) is 0.460. The fraction of sp³-hybridized carbons (Fsp3) is 0.882. The molecule has 0 spiro atoms. The van der Waals surface area contributed by atoms with Crippen molar-refractivity contribution in [2.24, 2.45) is 10.8 Å². The molecule has 124 valence electrons. The molecular formula is C17H32INO2. The molecule has 0 saturated carbocycles. The number of amides is 1. The monoisotopic (exact) mass is 409 g/mol. The van der Waals surface area contributed by atoms with Gasteiger partial charge in [0, 0.05) is 18.4 Å². The Balaban J connectivity index is 4.25. The first-order valence-corrected chi connectivity index (χ1v) is 8.80. The largest absolute Gasteiger partial charge is 0.351 e. The Labute approximate surface area is 144 Å². The number of halogens is 1. The van der Waals surface area contributed by atoms with Crippen molar-refractivity contribution >= 4 is 32.3 Å². The summed E-state index contributed by atoms with van der Waals surface area (Å²) in [5.41, 5.74) is -0.126. The lowest BCUT2D eigenvalue weighted by molar-refractivity contribution is -0.124. The van der Waals surface area contributed by atoms with Crippen molar-refractivity contribution in [1.29, 1.82) is 0 Å². The topological polar surface area (TPSA) is 46.2 Å². The second kappa shape index (κ2) is 7.93. The van der Waals surface area contributed by atoms with Gasteiger partial charge in [0.25, 0.3) is 0 Å². The van der Waals surface area contributed by atoms with Crippen LogP contribution < -0.4 is 5.32 Å². The summed E-state index contributed by atoms with van der Waals surface area (Å²) in [6.07, 6.45) is 4.11. The van der Waals surface area contributed by atoms with Gasteiger partial charge in [-0.05, 0) is 60.1 Å². The standard InChI is InChI=1S/C17H32INO2/c1-15(2,3)12-14(21)19-17(6,7)10-8-9-16(4,5)11-13(18)20/h8-12H2,1-7H3,(H,19,21). The minimum absolute atomic E-state index is 0.0167. The molecule has 0 bridgehead atoms. The fourth-order valence-electron chi connectivity index (χ4n) is 2.44. The molecule has 1 amide bonds. The molecule has 0 aliphatic heterocycles. The Morgan fingerprint density at radius 1 is 0.905 bits per heavy atom. The third-order valence-electron chi connectivity index (χ3n) is 3.44. The summed E-state index contributed by atoms with van der Waals surface area (Å²) in [6, 6.07) is 0. The second-order valence-corrected chi connectivity index (χ2v) is 9.92. The first kappa shape index (κ1) is 20.9. The summed E-state index contributed by atoms with van der Waals surface area (Å²) in [4.78, 5) is 23.3. The van der Waals surface area contributed by atoms with Gasteiger partial charge in [-0.2, -0.15) is 0 Å². The first-order chi connectivity index (χ1) is 9.22. The average molecular weight is 409 g/mol. The van der Waals surface area contributed by atoms with E-state index < -0.39 is 0 Å². The number of hydrogen-bond donors (Lipinski definition) is 1. The number of nitrogens with one attached hydrogen (secondary N) is 1. The smallest absolute Gasteiger partial charge is 0.220 e. The van der Waals surface area contributed by atoms with Crippen LogP contribution in [0.3, 0.4) is 0 Å². The molecule has 0 unspecified atom stereocenters. The summed E-state index contributed by atoms with van der Waals surface area (Å²) < 4.78 is 0.218. The fourth-order valence-corrected chi connectivity index (χ4v) is 3.47. The van der Waals surface area contributed by atoms with Crippen LogP contribution in [0.4, 0.5) is 0 Å². The molecule has 0 aromatic carbocycles. The van der Waals surface area contributed by atoms with Gasteiger partial charge in [-0.3, -0.25) is 9.59 Å². The molecule has 0 fully saturated rings. The highest BCUT2D eigenvalue weighted by molar-refractivity contribution is 14.1. The summed E-state index contributed by atoms with van der Waals surface area (Å²) in [5.74, 6) is 0.120. The van der Waals surface area contributed by atoms with Crippen LogP contribution in [0.25, 0.3) is 0 Å². The van der Waals surface area contributed by atoms with E-state index in [1.54, 1.807) is 0 Å². The van der Waals surface area contributed by atoms with Gasteiger partial charge in [0.05, 0.1) is 0 Å². The lowest BCUT2D eigenvalue weighted by Crippen LogP contribution is -2.44. The highest BCUT2D eigenvalue weighted by Crippen LogP contribution is 2.30. The summed E-state index contributed by atoms with van der Waals surface area (Å²) in [6.45, 7) is 14.6. The predicted octanol–water partition coefficient (Wildman–Crippen LogP) is 4.87. The van der Waals surface area contributed by atoms with Gasteiger partial charge in [0.2, 0.25) is 5.91 Å². The minimum Gasteiger partial charge on any atom is -0.351 e. The Morgan fingerprint density at radius 3 is 1.86 bits per heavy atom. The van der Waals surface area contributed by atoms with Crippen LogP contribution >= 0.6 is 22.6 Å². The summed E-state index contributed by atoms with van der Waals surface area (Å²) in [7, 11) is 0. The van der Waals surface area contributed by atoms with Crippen molar-refractivity contribution in [1.82, 2.24) is 5.32 Å². The van der Waals surface area contributed by atoms with E-state index in [1.165, 1.54) is 0 Å². The highest BCUT2D eigenvalue weighted by Gasteiger charge is 2.25. The van der Waals surface area contributed by atoms with Crippen LogP contribution in [-0.4, -0.2) is 15.2 Å². The van der Waals surface area contributed by atoms with E-state index in [0.717, 1.165) is 19.3 Å². The molecule has 0 aromatic heterocycles. The van der Waals surface area contributed by atoms with Gasteiger partial charge in [0.1, 0.15) is 0 Å². The number of carbonyl (C=O) groups is 2. The Hall–Kier alpha value is -0.130. The van der Waals surface area contributed by atoms with Gasteiger partial charge in [-0.1, -0.05) is 41.0 Å². The normalized spacial score (nSPS) is 13.1. The third kappa shape index (κ3) is 12.1. The molecule has 0 saturated heterocycles. The summed E-state index contributed by atoms with van der Waals surface area (Å²) >= 11 is 1.87. The van der Waals surface area contributed by atoms with Gasteiger partial charge in [-0.15, -0.1) is 0 Å². The van der Waals surface area contributed by atoms with E-state index in [4.69, 9.17) is 0 Å². The molecule has 4 heteroatoms. The molecule has 1 N–H and O–H groups in total. The van der Waals surface area contributed by atoms with Crippen LogP contribution in [0, 0.1) is 10.8 Å². The van der Waals surface area contributed by atoms with E-state index in [1.807, 2.05) is 22.6 Å². The molecule has 3 nitrogen and oxygen atoms in total. The molecule has 0 aliphatic carbocycles. The lowest BCUT2D eigenvalue weighted by atomic mass is 9.82. The van der Waals surface area contributed by atoms with Crippen LogP contribution in [-0.2, 0) is 9.59 Å². The van der Waals surface area contributed by atoms with Crippen LogP contribution in [0.1, 0.15) is 80.6 Å². The number of carbonyl (C=O) groups excluding carboxylic acids is 2. The van der Waals surface area contributed by atoms with Crippen molar-refractivity contribution in [3.63, 3.8) is 0 Å². The van der Waals surface area contributed by atoms with Crippen LogP contribution in [0.2, 0.25) is 0 Å². The van der Waals surface area contributed by atoms with Crippen molar-refractivity contribution in [2.45, 2.75) is 86.1 Å². The summed E-state index contributed by atoms with van der Waals surface area (Å²) in [5, 5.41) is 3.13. The Kier molecular flexibility index (Phi) is 7.88. The van der Waals surface area contributed by atoms with E-state index >= 15 is 0 Å². The van der Waals surface area contributed by atoms with Gasteiger partial charge in [0.15, 0.2) is 3.79 Å². The SMILES string of the molecule is CC(C)(C)CC(=O)NC(C)(C)CCCC(C)(C)CC(=O)I. The van der Waals surface area contributed by atoms with E-state index in [9.17, 15) is 9.59 Å². The van der Waals surface area contributed by atoms with Crippen molar-refractivity contribution in [3.05, 3.63) is 0 Å². The second-order valence-electron chi connectivity index (χ2n) is 8.72. The Bertz CT molecular complexity index is 367. The number of rotatable bonds is 8.